The van der Waals surface area contributed by atoms with E-state index in [9.17, 15) is 9.18 Å². The maximum absolute atomic E-state index is 13.4. The molecule has 0 bridgehead atoms. The average Bonchev–Trinajstić information content (AvgIpc) is 3.11. The molecule has 1 aromatic heterocycles. The molecule has 1 fully saturated rings. The number of benzene rings is 2. The van der Waals surface area contributed by atoms with Gasteiger partial charge in [-0.25, -0.2) is 4.39 Å². The van der Waals surface area contributed by atoms with Gasteiger partial charge in [-0.2, -0.15) is 0 Å². The monoisotopic (exact) mass is 366 g/mol. The van der Waals surface area contributed by atoms with Gasteiger partial charge in [0.2, 0.25) is 0 Å². The lowest BCUT2D eigenvalue weighted by Crippen LogP contribution is -2.49. The van der Waals surface area contributed by atoms with Crippen molar-refractivity contribution >= 4 is 16.8 Å². The van der Waals surface area contributed by atoms with Gasteiger partial charge in [-0.15, -0.1) is 0 Å². The normalized spacial score (nSPS) is 16.4. The first-order chi connectivity index (χ1) is 13.0. The van der Waals surface area contributed by atoms with E-state index in [-0.39, 0.29) is 11.7 Å². The van der Waals surface area contributed by atoms with Gasteiger partial charge in [0, 0.05) is 24.1 Å². The van der Waals surface area contributed by atoms with Crippen LogP contribution < -0.4 is 5.32 Å². The van der Waals surface area contributed by atoms with Crippen molar-refractivity contribution in [3.05, 3.63) is 70.7 Å². The van der Waals surface area contributed by atoms with Gasteiger partial charge in [0.1, 0.15) is 11.5 Å². The molecule has 2 N–H and O–H groups in total. The highest BCUT2D eigenvalue weighted by molar-refractivity contribution is 5.99. The smallest absolute Gasteiger partial charge is 0.268 e. The van der Waals surface area contributed by atoms with Crippen LogP contribution >= 0.6 is 0 Å². The van der Waals surface area contributed by atoms with Crippen LogP contribution in [0, 0.1) is 19.7 Å². The molecule has 0 radical (unpaired) electrons. The molecule has 4 nitrogen and oxygen atoms in total. The summed E-state index contributed by atoms with van der Waals surface area (Å²) in [5.74, 6) is -0.441. The summed E-state index contributed by atoms with van der Waals surface area (Å²) in [4.78, 5) is 16.3. The average molecular weight is 366 g/mol. The Kier molecular flexibility index (Phi) is 4.48. The number of carbonyl (C=O) groups excluding carboxylic acids is 1. The number of carbonyl (C=O) groups is 1. The fourth-order valence-electron chi connectivity index (χ4n) is 3.84. The Morgan fingerprint density at radius 2 is 1.81 bits per heavy atom. The predicted molar refractivity (Wildman–Crippen MR) is 103 cm³/mol. The number of fused-ring (bicyclic) bond motifs is 1. The molecule has 4 rings (SSSR count). The highest BCUT2D eigenvalue weighted by atomic mass is 19.1. The SMILES string of the molecule is Cc1ccc2[nH]c(C(=O)NC3(c4ccc(F)cc4)CCOCC3)cc2c1C. The van der Waals surface area contributed by atoms with Gasteiger partial charge in [0.25, 0.3) is 5.91 Å². The number of hydrogen-bond acceptors (Lipinski definition) is 2. The zero-order chi connectivity index (χ0) is 19.0. The van der Waals surface area contributed by atoms with Crippen LogP contribution in [-0.4, -0.2) is 24.1 Å². The Balaban J connectivity index is 1.68. The molecule has 2 aromatic carbocycles. The molecule has 0 saturated carbocycles. The number of amides is 1. The summed E-state index contributed by atoms with van der Waals surface area (Å²) in [7, 11) is 0. The fraction of sp³-hybridized carbons (Fsp3) is 0.318. The van der Waals surface area contributed by atoms with Crippen LogP contribution in [0.5, 0.6) is 0 Å². The van der Waals surface area contributed by atoms with Crippen molar-refractivity contribution in [3.8, 4) is 0 Å². The molecule has 0 aliphatic carbocycles. The van der Waals surface area contributed by atoms with E-state index in [1.807, 2.05) is 18.2 Å². The molecule has 0 atom stereocenters. The van der Waals surface area contributed by atoms with E-state index in [2.05, 4.69) is 24.1 Å². The van der Waals surface area contributed by atoms with Crippen LogP contribution in [0.2, 0.25) is 0 Å². The quantitative estimate of drug-likeness (QED) is 0.724. The molecule has 140 valence electrons. The summed E-state index contributed by atoms with van der Waals surface area (Å²) in [5, 5.41) is 4.27. The lowest BCUT2D eigenvalue weighted by molar-refractivity contribution is 0.0344. The van der Waals surface area contributed by atoms with Crippen molar-refractivity contribution in [1.82, 2.24) is 10.3 Å². The summed E-state index contributed by atoms with van der Waals surface area (Å²) in [5.41, 5.74) is 4.20. The Morgan fingerprint density at radius 3 is 2.52 bits per heavy atom. The third-order valence-electron chi connectivity index (χ3n) is 5.68. The second-order valence-electron chi connectivity index (χ2n) is 7.31. The Hall–Kier alpha value is -2.66. The summed E-state index contributed by atoms with van der Waals surface area (Å²) in [6.07, 6.45) is 1.31. The minimum Gasteiger partial charge on any atom is -0.381 e. The van der Waals surface area contributed by atoms with E-state index in [0.717, 1.165) is 16.5 Å². The van der Waals surface area contributed by atoms with Gasteiger partial charge in [-0.3, -0.25) is 4.79 Å². The first-order valence-corrected chi connectivity index (χ1v) is 9.24. The number of ether oxygens (including phenoxy) is 1. The van der Waals surface area contributed by atoms with Gasteiger partial charge < -0.3 is 15.0 Å². The van der Waals surface area contributed by atoms with Gasteiger partial charge in [0.05, 0.1) is 5.54 Å². The van der Waals surface area contributed by atoms with E-state index in [1.165, 1.54) is 23.3 Å². The lowest BCUT2D eigenvalue weighted by Gasteiger charge is -2.38. The number of aromatic amines is 1. The van der Waals surface area contributed by atoms with Crippen molar-refractivity contribution in [2.45, 2.75) is 32.2 Å². The minimum absolute atomic E-state index is 0.158. The number of aryl methyl sites for hydroxylation is 2. The lowest BCUT2D eigenvalue weighted by atomic mass is 9.82. The Morgan fingerprint density at radius 1 is 1.11 bits per heavy atom. The van der Waals surface area contributed by atoms with Crippen molar-refractivity contribution < 1.29 is 13.9 Å². The number of nitrogens with one attached hydrogen (secondary N) is 2. The van der Waals surface area contributed by atoms with Crippen molar-refractivity contribution in [1.29, 1.82) is 0 Å². The summed E-state index contributed by atoms with van der Waals surface area (Å²) in [6, 6.07) is 12.3. The van der Waals surface area contributed by atoms with Crippen LogP contribution in [0.1, 0.15) is 40.0 Å². The Bertz CT molecular complexity index is 985. The molecule has 1 aliphatic heterocycles. The predicted octanol–water partition coefficient (Wildman–Crippen LogP) is 4.36. The second kappa shape index (κ2) is 6.82. The van der Waals surface area contributed by atoms with Gasteiger partial charge >= 0.3 is 0 Å². The third kappa shape index (κ3) is 3.23. The van der Waals surface area contributed by atoms with E-state index < -0.39 is 5.54 Å². The second-order valence-corrected chi connectivity index (χ2v) is 7.31. The number of hydrogen-bond donors (Lipinski definition) is 2. The molecular weight excluding hydrogens is 343 g/mol. The van der Waals surface area contributed by atoms with E-state index in [4.69, 9.17) is 4.74 Å². The number of H-pyrrole nitrogens is 1. The fourth-order valence-corrected chi connectivity index (χ4v) is 3.84. The van der Waals surface area contributed by atoms with Crippen LogP contribution in [0.15, 0.2) is 42.5 Å². The summed E-state index contributed by atoms with van der Waals surface area (Å²) < 4.78 is 18.9. The van der Waals surface area contributed by atoms with Crippen molar-refractivity contribution in [2.75, 3.05) is 13.2 Å². The van der Waals surface area contributed by atoms with Gasteiger partial charge in [0.15, 0.2) is 0 Å². The third-order valence-corrected chi connectivity index (χ3v) is 5.68. The first kappa shape index (κ1) is 17.7. The van der Waals surface area contributed by atoms with E-state index in [0.29, 0.717) is 31.7 Å². The summed E-state index contributed by atoms with van der Waals surface area (Å²) in [6.45, 7) is 5.24. The van der Waals surface area contributed by atoms with Gasteiger partial charge in [-0.05, 0) is 67.6 Å². The zero-order valence-electron chi connectivity index (χ0n) is 15.6. The van der Waals surface area contributed by atoms with Crippen LogP contribution in [0.25, 0.3) is 10.9 Å². The number of aromatic nitrogens is 1. The van der Waals surface area contributed by atoms with Crippen molar-refractivity contribution in [3.63, 3.8) is 0 Å². The van der Waals surface area contributed by atoms with E-state index >= 15 is 0 Å². The number of halogens is 1. The molecule has 27 heavy (non-hydrogen) atoms. The highest BCUT2D eigenvalue weighted by Crippen LogP contribution is 2.33. The first-order valence-electron chi connectivity index (χ1n) is 9.24. The summed E-state index contributed by atoms with van der Waals surface area (Å²) >= 11 is 0. The van der Waals surface area contributed by atoms with E-state index in [1.54, 1.807) is 12.1 Å². The van der Waals surface area contributed by atoms with Crippen LogP contribution in [-0.2, 0) is 10.3 Å². The molecular formula is C22H23FN2O2. The molecule has 5 heteroatoms. The minimum atomic E-state index is -0.550. The molecule has 1 saturated heterocycles. The molecule has 1 aliphatic rings. The molecule has 0 unspecified atom stereocenters. The molecule has 1 amide bonds. The molecule has 0 spiro atoms. The maximum Gasteiger partial charge on any atom is 0.268 e. The number of rotatable bonds is 3. The largest absolute Gasteiger partial charge is 0.381 e. The van der Waals surface area contributed by atoms with Crippen molar-refractivity contribution in [2.24, 2.45) is 0 Å². The van der Waals surface area contributed by atoms with Crippen LogP contribution in [0.3, 0.4) is 0 Å². The molecule has 2 heterocycles. The standard InChI is InChI=1S/C22H23FN2O2/c1-14-3-8-19-18(15(14)2)13-20(24-19)21(26)25-22(9-11-27-12-10-22)16-4-6-17(23)7-5-16/h3-8,13,24H,9-12H2,1-2H3,(H,25,26). The Labute approximate surface area is 157 Å². The zero-order valence-corrected chi connectivity index (χ0v) is 15.6. The molecule has 3 aromatic rings. The maximum atomic E-state index is 13.4. The highest BCUT2D eigenvalue weighted by Gasteiger charge is 2.36. The van der Waals surface area contributed by atoms with Crippen LogP contribution in [0.4, 0.5) is 4.39 Å². The van der Waals surface area contributed by atoms with Gasteiger partial charge in [-0.1, -0.05) is 18.2 Å². The topological polar surface area (TPSA) is 54.1 Å².